The lowest BCUT2D eigenvalue weighted by atomic mass is 9.72. The molecule has 0 bridgehead atoms. The Labute approximate surface area is 135 Å². The predicted octanol–water partition coefficient (Wildman–Crippen LogP) is 2.11. The molecule has 2 saturated carbocycles. The lowest BCUT2D eigenvalue weighted by Gasteiger charge is -2.36. The third kappa shape index (κ3) is 4.36. The molecule has 0 aliphatic heterocycles. The fraction of sp³-hybridized carbons (Fsp3) is 0.812. The normalized spacial score (nSPS) is 22.3. The minimum atomic E-state index is -1.17. The molecule has 0 aromatic rings. The van der Waals surface area contributed by atoms with E-state index in [4.69, 9.17) is 5.11 Å². The summed E-state index contributed by atoms with van der Waals surface area (Å²) >= 11 is 0. The number of aliphatic carboxylic acids is 2. The fourth-order valence-electron chi connectivity index (χ4n) is 3.94. The first-order chi connectivity index (χ1) is 10.9. The van der Waals surface area contributed by atoms with Gasteiger partial charge in [-0.1, -0.05) is 32.1 Å². The van der Waals surface area contributed by atoms with Crippen LogP contribution in [-0.2, 0) is 9.59 Å². The Hall–Kier alpha value is -1.79. The molecule has 7 nitrogen and oxygen atoms in total. The van der Waals surface area contributed by atoms with E-state index in [9.17, 15) is 19.5 Å². The number of carbonyl (C=O) groups is 3. The standard InChI is InChI=1S/C16H26N2O5/c19-12(20)10-15(6-2-1-3-7-15)11-17-14(23)18-16(13(21)22)8-4-5-9-16/h1-11H2,(H,19,20)(H,21,22)(H2,17,18,23). The van der Waals surface area contributed by atoms with Crippen LogP contribution in [0.15, 0.2) is 0 Å². The first-order valence-corrected chi connectivity index (χ1v) is 8.39. The highest BCUT2D eigenvalue weighted by molar-refractivity contribution is 5.86. The van der Waals surface area contributed by atoms with Gasteiger partial charge in [0.05, 0.1) is 6.42 Å². The van der Waals surface area contributed by atoms with Crippen molar-refractivity contribution in [2.45, 2.75) is 69.7 Å². The summed E-state index contributed by atoms with van der Waals surface area (Å²) in [6.07, 6.45) is 7.09. The number of amides is 2. The highest BCUT2D eigenvalue weighted by Gasteiger charge is 2.43. The summed E-state index contributed by atoms with van der Waals surface area (Å²) in [7, 11) is 0. The van der Waals surface area contributed by atoms with Crippen LogP contribution in [-0.4, -0.2) is 40.3 Å². The monoisotopic (exact) mass is 326 g/mol. The fourth-order valence-corrected chi connectivity index (χ4v) is 3.94. The summed E-state index contributed by atoms with van der Waals surface area (Å²) in [5.74, 6) is -1.85. The Morgan fingerprint density at radius 1 is 0.870 bits per heavy atom. The quantitative estimate of drug-likeness (QED) is 0.596. The summed E-state index contributed by atoms with van der Waals surface area (Å²) in [5, 5.41) is 23.8. The van der Waals surface area contributed by atoms with Gasteiger partial charge < -0.3 is 20.8 Å². The predicted molar refractivity (Wildman–Crippen MR) is 83.1 cm³/mol. The Kier molecular flexibility index (Phi) is 5.49. The van der Waals surface area contributed by atoms with Gasteiger partial charge in [-0.05, 0) is 31.1 Å². The molecule has 2 fully saturated rings. The summed E-state index contributed by atoms with van der Waals surface area (Å²) in [6.45, 7) is 0.279. The summed E-state index contributed by atoms with van der Waals surface area (Å²) < 4.78 is 0. The van der Waals surface area contributed by atoms with Crippen molar-refractivity contribution in [3.8, 4) is 0 Å². The molecule has 2 amide bonds. The molecule has 0 heterocycles. The zero-order valence-corrected chi connectivity index (χ0v) is 13.4. The van der Waals surface area contributed by atoms with Crippen molar-refractivity contribution in [3.05, 3.63) is 0 Å². The Bertz CT molecular complexity index is 465. The molecule has 2 aliphatic rings. The molecule has 0 spiro atoms. The van der Waals surface area contributed by atoms with Crippen LogP contribution in [0.25, 0.3) is 0 Å². The summed E-state index contributed by atoms with van der Waals surface area (Å²) in [5.41, 5.74) is -1.58. The van der Waals surface area contributed by atoms with Gasteiger partial charge in [-0.2, -0.15) is 0 Å². The Balaban J connectivity index is 1.93. The van der Waals surface area contributed by atoms with Crippen LogP contribution < -0.4 is 10.6 Å². The van der Waals surface area contributed by atoms with Gasteiger partial charge in [-0.25, -0.2) is 9.59 Å². The minimum absolute atomic E-state index is 0.0390. The number of carbonyl (C=O) groups excluding carboxylic acids is 1. The summed E-state index contributed by atoms with van der Waals surface area (Å²) in [4.78, 5) is 34.7. The second-order valence-electron chi connectivity index (χ2n) is 7.03. The highest BCUT2D eigenvalue weighted by Crippen LogP contribution is 2.38. The molecule has 0 radical (unpaired) electrons. The number of nitrogens with one attached hydrogen (secondary N) is 2. The lowest BCUT2D eigenvalue weighted by Crippen LogP contribution is -2.56. The van der Waals surface area contributed by atoms with E-state index in [1.807, 2.05) is 0 Å². The van der Waals surface area contributed by atoms with Crippen LogP contribution in [0.5, 0.6) is 0 Å². The molecule has 2 aliphatic carbocycles. The smallest absolute Gasteiger partial charge is 0.329 e. The first-order valence-electron chi connectivity index (χ1n) is 8.39. The van der Waals surface area contributed by atoms with E-state index < -0.39 is 28.9 Å². The highest BCUT2D eigenvalue weighted by atomic mass is 16.4. The molecule has 23 heavy (non-hydrogen) atoms. The van der Waals surface area contributed by atoms with Crippen LogP contribution in [0.1, 0.15) is 64.2 Å². The van der Waals surface area contributed by atoms with Crippen molar-refractivity contribution in [1.82, 2.24) is 10.6 Å². The van der Waals surface area contributed by atoms with Crippen molar-refractivity contribution in [2.24, 2.45) is 5.41 Å². The van der Waals surface area contributed by atoms with Gasteiger partial charge in [-0.15, -0.1) is 0 Å². The van der Waals surface area contributed by atoms with Gasteiger partial charge in [-0.3, -0.25) is 4.79 Å². The summed E-state index contributed by atoms with van der Waals surface area (Å²) in [6, 6.07) is -0.510. The topological polar surface area (TPSA) is 116 Å². The van der Waals surface area contributed by atoms with Crippen molar-refractivity contribution in [2.75, 3.05) is 6.54 Å². The minimum Gasteiger partial charge on any atom is -0.481 e. The Morgan fingerprint density at radius 3 is 1.96 bits per heavy atom. The van der Waals surface area contributed by atoms with E-state index in [2.05, 4.69) is 10.6 Å². The van der Waals surface area contributed by atoms with Crippen LogP contribution in [0, 0.1) is 5.41 Å². The van der Waals surface area contributed by atoms with Crippen LogP contribution in [0.4, 0.5) is 4.79 Å². The molecule has 7 heteroatoms. The number of hydrogen-bond donors (Lipinski definition) is 4. The molecular weight excluding hydrogens is 300 g/mol. The number of carboxylic acids is 2. The van der Waals surface area contributed by atoms with E-state index in [0.717, 1.165) is 44.9 Å². The van der Waals surface area contributed by atoms with Crippen LogP contribution in [0.3, 0.4) is 0 Å². The number of hydrogen-bond acceptors (Lipinski definition) is 3. The SMILES string of the molecule is O=C(O)CC1(CNC(=O)NC2(C(=O)O)CCCC2)CCCCC1. The molecule has 2 rings (SSSR count). The van der Waals surface area contributed by atoms with E-state index in [1.165, 1.54) is 0 Å². The second-order valence-corrected chi connectivity index (χ2v) is 7.03. The maximum atomic E-state index is 12.1. The zero-order valence-electron chi connectivity index (χ0n) is 13.4. The van der Waals surface area contributed by atoms with Crippen molar-refractivity contribution in [1.29, 1.82) is 0 Å². The zero-order chi connectivity index (χ0) is 16.9. The molecular formula is C16H26N2O5. The molecule has 0 aromatic heterocycles. The van der Waals surface area contributed by atoms with Crippen molar-refractivity contribution < 1.29 is 24.6 Å². The maximum Gasteiger partial charge on any atom is 0.329 e. The number of rotatable bonds is 6. The molecule has 0 aromatic carbocycles. The first kappa shape index (κ1) is 17.6. The average molecular weight is 326 g/mol. The van der Waals surface area contributed by atoms with Gasteiger partial charge >= 0.3 is 18.0 Å². The van der Waals surface area contributed by atoms with E-state index >= 15 is 0 Å². The van der Waals surface area contributed by atoms with E-state index in [-0.39, 0.29) is 13.0 Å². The van der Waals surface area contributed by atoms with E-state index in [1.54, 1.807) is 0 Å². The van der Waals surface area contributed by atoms with Crippen molar-refractivity contribution in [3.63, 3.8) is 0 Å². The molecule has 0 saturated heterocycles. The number of urea groups is 1. The van der Waals surface area contributed by atoms with Crippen LogP contribution in [0.2, 0.25) is 0 Å². The van der Waals surface area contributed by atoms with Gasteiger partial charge in [0.1, 0.15) is 5.54 Å². The third-order valence-electron chi connectivity index (χ3n) is 5.28. The molecule has 0 unspecified atom stereocenters. The van der Waals surface area contributed by atoms with E-state index in [0.29, 0.717) is 12.8 Å². The second kappa shape index (κ2) is 7.19. The van der Waals surface area contributed by atoms with Gasteiger partial charge in [0.25, 0.3) is 0 Å². The lowest BCUT2D eigenvalue weighted by molar-refractivity contribution is -0.144. The maximum absolute atomic E-state index is 12.1. The Morgan fingerprint density at radius 2 is 1.43 bits per heavy atom. The molecule has 0 atom stereocenters. The van der Waals surface area contributed by atoms with Crippen molar-refractivity contribution >= 4 is 18.0 Å². The van der Waals surface area contributed by atoms with Gasteiger partial charge in [0.15, 0.2) is 0 Å². The van der Waals surface area contributed by atoms with Gasteiger partial charge in [0.2, 0.25) is 0 Å². The molecule has 130 valence electrons. The largest absolute Gasteiger partial charge is 0.481 e. The van der Waals surface area contributed by atoms with Gasteiger partial charge in [0, 0.05) is 6.54 Å². The third-order valence-corrected chi connectivity index (χ3v) is 5.28. The molecule has 4 N–H and O–H groups in total. The van der Waals surface area contributed by atoms with Crippen LogP contribution >= 0.6 is 0 Å². The number of carboxylic acid groups (broad SMARTS) is 2. The average Bonchev–Trinajstić information content (AvgIpc) is 2.95.